The molecule has 0 unspecified atom stereocenters. The van der Waals surface area contributed by atoms with E-state index in [0.717, 1.165) is 54.3 Å². The Morgan fingerprint density at radius 3 is 2.62 bits per heavy atom. The van der Waals surface area contributed by atoms with Crippen molar-refractivity contribution in [2.75, 3.05) is 24.6 Å². The fourth-order valence-electron chi connectivity index (χ4n) is 4.52. The normalized spacial score (nSPS) is 14.5. The van der Waals surface area contributed by atoms with E-state index in [1.165, 1.54) is 0 Å². The summed E-state index contributed by atoms with van der Waals surface area (Å²) in [4.78, 5) is 11.1. The van der Waals surface area contributed by atoms with Gasteiger partial charge in [-0.1, -0.05) is 0 Å². The van der Waals surface area contributed by atoms with Crippen LogP contribution in [-0.2, 0) is 0 Å². The summed E-state index contributed by atoms with van der Waals surface area (Å²) < 4.78 is 13.7. The van der Waals surface area contributed by atoms with Crippen LogP contribution in [0.4, 0.5) is 5.82 Å². The molecule has 1 aliphatic rings. The molecule has 0 amide bonds. The predicted octanol–water partition coefficient (Wildman–Crippen LogP) is 4.17. The Morgan fingerprint density at radius 1 is 1.16 bits per heavy atom. The van der Waals surface area contributed by atoms with Crippen LogP contribution >= 0.6 is 0 Å². The molecule has 1 aliphatic heterocycles. The molecule has 190 valence electrons. The van der Waals surface area contributed by atoms with Crippen LogP contribution in [0.25, 0.3) is 16.6 Å². The first-order chi connectivity index (χ1) is 17.8. The van der Waals surface area contributed by atoms with Crippen LogP contribution in [0.1, 0.15) is 37.9 Å². The maximum atomic E-state index is 10.1. The Balaban J connectivity index is 1.37. The topological polar surface area (TPSA) is 109 Å². The van der Waals surface area contributed by atoms with Crippen molar-refractivity contribution in [2.45, 2.75) is 45.3 Å². The van der Waals surface area contributed by atoms with E-state index < -0.39 is 5.60 Å². The molecule has 5 heterocycles. The van der Waals surface area contributed by atoms with Crippen molar-refractivity contribution in [1.29, 1.82) is 5.26 Å². The van der Waals surface area contributed by atoms with E-state index in [4.69, 9.17) is 14.5 Å². The molecule has 0 saturated carbocycles. The number of nitrogens with zero attached hydrogens (tertiary/aromatic N) is 6. The smallest absolute Gasteiger partial charge is 0.141 e. The number of nitriles is 1. The zero-order chi connectivity index (χ0) is 26.0. The number of hydrogen-bond donors (Lipinski definition) is 1. The second-order valence-electron chi connectivity index (χ2n) is 9.94. The molecule has 0 radical (unpaired) electrons. The minimum Gasteiger partial charge on any atom is -0.489 e. The summed E-state index contributed by atoms with van der Waals surface area (Å²) >= 11 is 0. The fourth-order valence-corrected chi connectivity index (χ4v) is 4.52. The number of fused-ring (bicyclic) bond motifs is 1. The third kappa shape index (κ3) is 5.34. The molecule has 0 atom stereocenters. The second kappa shape index (κ2) is 10.1. The van der Waals surface area contributed by atoms with Crippen LogP contribution in [0.5, 0.6) is 11.5 Å². The van der Waals surface area contributed by atoms with Crippen LogP contribution in [0.3, 0.4) is 0 Å². The van der Waals surface area contributed by atoms with Crippen molar-refractivity contribution in [3.63, 3.8) is 0 Å². The summed E-state index contributed by atoms with van der Waals surface area (Å²) in [6.07, 6.45) is 8.84. The zero-order valence-electron chi connectivity index (χ0n) is 21.3. The molecule has 0 aliphatic carbocycles. The zero-order valence-corrected chi connectivity index (χ0v) is 21.3. The molecule has 1 N–H and O–H groups in total. The lowest BCUT2D eigenvalue weighted by Crippen LogP contribution is -2.38. The van der Waals surface area contributed by atoms with Gasteiger partial charge in [-0.3, -0.25) is 4.98 Å². The first kappa shape index (κ1) is 24.5. The lowest BCUT2D eigenvalue weighted by molar-refractivity contribution is 0.0281. The Hall–Kier alpha value is -4.16. The third-order valence-electron chi connectivity index (χ3n) is 6.44. The first-order valence-electron chi connectivity index (χ1n) is 12.4. The van der Waals surface area contributed by atoms with Gasteiger partial charge >= 0.3 is 0 Å². The molecule has 1 saturated heterocycles. The molecule has 4 aromatic heterocycles. The van der Waals surface area contributed by atoms with E-state index in [9.17, 15) is 10.4 Å². The Labute approximate surface area is 215 Å². The maximum absolute atomic E-state index is 10.1. The van der Waals surface area contributed by atoms with Crippen molar-refractivity contribution >= 4 is 11.3 Å². The molecular formula is C28H30N6O3. The van der Waals surface area contributed by atoms with E-state index in [0.29, 0.717) is 16.8 Å². The van der Waals surface area contributed by atoms with E-state index in [1.807, 2.05) is 43.5 Å². The van der Waals surface area contributed by atoms with Gasteiger partial charge in [0, 0.05) is 49.5 Å². The average molecular weight is 499 g/mol. The number of ether oxygens (including phenoxy) is 2. The number of piperidine rings is 1. The Kier molecular flexibility index (Phi) is 6.68. The quantitative estimate of drug-likeness (QED) is 0.404. The summed E-state index contributed by atoms with van der Waals surface area (Å²) in [5, 5.41) is 24.2. The number of rotatable bonds is 7. The van der Waals surface area contributed by atoms with Crippen molar-refractivity contribution in [1.82, 2.24) is 19.6 Å². The van der Waals surface area contributed by atoms with Gasteiger partial charge in [-0.2, -0.15) is 10.4 Å². The van der Waals surface area contributed by atoms with E-state index in [1.54, 1.807) is 37.0 Å². The van der Waals surface area contributed by atoms with Crippen LogP contribution in [-0.4, -0.2) is 56.1 Å². The van der Waals surface area contributed by atoms with Gasteiger partial charge in [0.2, 0.25) is 0 Å². The van der Waals surface area contributed by atoms with Crippen LogP contribution in [0.15, 0.2) is 55.1 Å². The van der Waals surface area contributed by atoms with Crippen molar-refractivity contribution in [3.8, 4) is 28.7 Å². The van der Waals surface area contributed by atoms with Crippen molar-refractivity contribution in [2.24, 2.45) is 0 Å². The van der Waals surface area contributed by atoms with Gasteiger partial charge in [0.05, 0.1) is 34.8 Å². The molecule has 1 fully saturated rings. The minimum atomic E-state index is -0.983. The van der Waals surface area contributed by atoms with Gasteiger partial charge in [-0.15, -0.1) is 0 Å². The first-order valence-corrected chi connectivity index (χ1v) is 12.4. The summed E-state index contributed by atoms with van der Waals surface area (Å²) in [5.74, 6) is 2.30. The van der Waals surface area contributed by atoms with E-state index in [-0.39, 0.29) is 12.7 Å². The maximum Gasteiger partial charge on any atom is 0.141 e. The predicted molar refractivity (Wildman–Crippen MR) is 140 cm³/mol. The van der Waals surface area contributed by atoms with Gasteiger partial charge < -0.3 is 19.5 Å². The second-order valence-corrected chi connectivity index (χ2v) is 9.94. The fraction of sp³-hybridized carbons (Fsp3) is 0.357. The largest absolute Gasteiger partial charge is 0.489 e. The van der Waals surface area contributed by atoms with Gasteiger partial charge in [0.25, 0.3) is 0 Å². The summed E-state index contributed by atoms with van der Waals surface area (Å²) in [6.45, 7) is 7.10. The number of hydrogen-bond acceptors (Lipinski definition) is 8. The summed E-state index contributed by atoms with van der Waals surface area (Å²) in [5.41, 5.74) is 2.61. The van der Waals surface area contributed by atoms with Crippen molar-refractivity contribution in [3.05, 3.63) is 66.4 Å². The number of anilines is 1. The van der Waals surface area contributed by atoms with E-state index in [2.05, 4.69) is 21.1 Å². The molecule has 37 heavy (non-hydrogen) atoms. The highest BCUT2D eigenvalue weighted by Gasteiger charge is 2.23. The Bertz CT molecular complexity index is 1410. The number of aliphatic hydroxyl groups is 1. The van der Waals surface area contributed by atoms with Gasteiger partial charge in [0.1, 0.15) is 36.1 Å². The SMILES string of the molecule is Cc1c(OCC(C)(C)O)cc(-c2ccc(N3CCC(Oc4cccnc4)CC3)nc2)c2c(C#N)cnn12. The van der Waals surface area contributed by atoms with Crippen LogP contribution < -0.4 is 14.4 Å². The Morgan fingerprint density at radius 2 is 1.97 bits per heavy atom. The molecule has 0 aromatic carbocycles. The molecule has 9 heteroatoms. The average Bonchev–Trinajstić information content (AvgIpc) is 3.34. The highest BCUT2D eigenvalue weighted by atomic mass is 16.5. The molecule has 5 rings (SSSR count). The van der Waals surface area contributed by atoms with Gasteiger partial charge in [0.15, 0.2) is 0 Å². The van der Waals surface area contributed by atoms with E-state index >= 15 is 0 Å². The monoisotopic (exact) mass is 498 g/mol. The molecular weight excluding hydrogens is 468 g/mol. The third-order valence-corrected chi connectivity index (χ3v) is 6.44. The summed E-state index contributed by atoms with van der Waals surface area (Å²) in [7, 11) is 0. The van der Waals surface area contributed by atoms with Crippen LogP contribution in [0, 0.1) is 18.3 Å². The minimum absolute atomic E-state index is 0.128. The summed E-state index contributed by atoms with van der Waals surface area (Å²) in [6, 6.07) is 12.0. The number of aromatic nitrogens is 4. The number of aryl methyl sites for hydroxylation is 1. The lowest BCUT2D eigenvalue weighted by Gasteiger charge is -2.33. The standard InChI is InChI=1S/C28H30N6O3/c1-19-25(36-18-28(2,3)35)13-24(27-21(14-29)16-32-34(19)27)20-6-7-26(31-15-20)33-11-8-22(9-12-33)37-23-5-4-10-30-17-23/h4-7,10,13,15-17,22,35H,8-9,11-12,18H2,1-3H3. The highest BCUT2D eigenvalue weighted by Crippen LogP contribution is 2.34. The molecule has 0 spiro atoms. The molecule has 0 bridgehead atoms. The molecule has 9 nitrogen and oxygen atoms in total. The van der Waals surface area contributed by atoms with Gasteiger partial charge in [-0.05, 0) is 51.1 Å². The molecule has 4 aromatic rings. The van der Waals surface area contributed by atoms with Crippen LogP contribution in [0.2, 0.25) is 0 Å². The van der Waals surface area contributed by atoms with Gasteiger partial charge in [-0.25, -0.2) is 9.50 Å². The van der Waals surface area contributed by atoms with Crippen molar-refractivity contribution < 1.29 is 14.6 Å². The highest BCUT2D eigenvalue weighted by molar-refractivity contribution is 5.85. The lowest BCUT2D eigenvalue weighted by atomic mass is 10.0. The number of pyridine rings is 3.